The molecule has 0 aromatic heterocycles. The number of benzene rings is 3. The van der Waals surface area contributed by atoms with Crippen LogP contribution in [-0.4, -0.2) is 22.9 Å². The maximum atomic E-state index is 13.3. The second-order valence-electron chi connectivity index (χ2n) is 8.77. The predicted molar refractivity (Wildman–Crippen MR) is 140 cm³/mol. The Morgan fingerprint density at radius 2 is 1.76 bits per heavy atom. The number of aryl methyl sites for hydroxylation is 3. The largest absolute Gasteiger partial charge is 0.487 e. The molecule has 0 radical (unpaired) electrons. The molecule has 3 rings (SSSR count). The van der Waals surface area contributed by atoms with E-state index in [1.54, 1.807) is 23.9 Å². The van der Waals surface area contributed by atoms with E-state index in [0.717, 1.165) is 45.9 Å². The number of alkyl halides is 3. The first-order chi connectivity index (χ1) is 17.6. The summed E-state index contributed by atoms with van der Waals surface area (Å²) in [5.74, 6) is 0.675. The maximum Gasteiger partial charge on any atom is 0.416 e. The summed E-state index contributed by atoms with van der Waals surface area (Å²) in [7, 11) is 0. The zero-order valence-corrected chi connectivity index (χ0v) is 21.9. The Morgan fingerprint density at radius 3 is 2.43 bits per heavy atom. The van der Waals surface area contributed by atoms with Crippen LogP contribution in [0.3, 0.4) is 0 Å². The Kier molecular flexibility index (Phi) is 9.92. The highest BCUT2D eigenvalue weighted by molar-refractivity contribution is 7.99. The number of rotatable bonds is 12. The van der Waals surface area contributed by atoms with Crippen molar-refractivity contribution in [2.75, 3.05) is 5.75 Å². The number of carboxylic acid groups (broad SMARTS) is 1. The Labute approximate surface area is 219 Å². The minimum Gasteiger partial charge on any atom is -0.487 e. The highest BCUT2D eigenvalue weighted by Gasteiger charge is 2.32. The molecule has 0 aliphatic carbocycles. The lowest BCUT2D eigenvalue weighted by molar-refractivity contribution is -0.138. The number of carboxylic acids is 1. The number of ether oxygens (including phenoxy) is 2. The van der Waals surface area contributed by atoms with Crippen molar-refractivity contribution in [1.82, 2.24) is 0 Å². The molecule has 0 saturated carbocycles. The van der Waals surface area contributed by atoms with Gasteiger partial charge < -0.3 is 14.6 Å². The van der Waals surface area contributed by atoms with Crippen molar-refractivity contribution < 1.29 is 32.5 Å². The quantitative estimate of drug-likeness (QED) is 0.238. The van der Waals surface area contributed by atoms with Crippen molar-refractivity contribution >= 4 is 17.7 Å². The Morgan fingerprint density at radius 1 is 1.00 bits per heavy atom. The summed E-state index contributed by atoms with van der Waals surface area (Å²) in [4.78, 5) is 12.0. The van der Waals surface area contributed by atoms with Crippen LogP contribution >= 0.6 is 11.8 Å². The number of hydrogen-bond donors (Lipinski definition) is 1. The van der Waals surface area contributed by atoms with Gasteiger partial charge in [-0.1, -0.05) is 31.2 Å². The average Bonchev–Trinajstić information content (AvgIpc) is 2.84. The fourth-order valence-electron chi connectivity index (χ4n) is 3.78. The van der Waals surface area contributed by atoms with Gasteiger partial charge in [0.05, 0.1) is 11.7 Å². The number of thioether (sulfide) groups is 1. The van der Waals surface area contributed by atoms with E-state index in [1.807, 2.05) is 45.0 Å². The van der Waals surface area contributed by atoms with Gasteiger partial charge in [0.15, 0.2) is 11.5 Å². The molecule has 3 aromatic rings. The van der Waals surface area contributed by atoms with Crippen LogP contribution in [0.2, 0.25) is 0 Å². The molecule has 1 N–H and O–H groups in total. The minimum absolute atomic E-state index is 0.0214. The summed E-state index contributed by atoms with van der Waals surface area (Å²) in [5.41, 5.74) is 2.19. The van der Waals surface area contributed by atoms with Gasteiger partial charge in [-0.15, -0.1) is 11.8 Å². The van der Waals surface area contributed by atoms with Gasteiger partial charge in [0.2, 0.25) is 0 Å². The van der Waals surface area contributed by atoms with E-state index in [2.05, 4.69) is 6.07 Å². The van der Waals surface area contributed by atoms with E-state index in [9.17, 15) is 18.0 Å². The van der Waals surface area contributed by atoms with Crippen molar-refractivity contribution in [3.63, 3.8) is 0 Å². The maximum absolute atomic E-state index is 13.3. The molecule has 37 heavy (non-hydrogen) atoms. The summed E-state index contributed by atoms with van der Waals surface area (Å²) in [6.45, 7) is 5.75. The molecule has 3 aromatic carbocycles. The van der Waals surface area contributed by atoms with Gasteiger partial charge in [-0.05, 0) is 86.2 Å². The van der Waals surface area contributed by atoms with Crippen LogP contribution in [0.15, 0.2) is 65.6 Å². The first-order valence-corrected chi connectivity index (χ1v) is 13.1. The molecular formula is C29H31F3O4S. The smallest absolute Gasteiger partial charge is 0.416 e. The van der Waals surface area contributed by atoms with Crippen LogP contribution in [0.25, 0.3) is 0 Å². The summed E-state index contributed by atoms with van der Waals surface area (Å²) >= 11 is 1.66. The average molecular weight is 533 g/mol. The highest BCUT2D eigenvalue weighted by atomic mass is 32.2. The number of carbonyl (C=O) groups is 1. The molecule has 8 heteroatoms. The van der Waals surface area contributed by atoms with Crippen LogP contribution in [0, 0.1) is 6.92 Å². The normalized spacial score (nSPS) is 12.3. The molecule has 198 valence electrons. The zero-order valence-electron chi connectivity index (χ0n) is 21.1. The van der Waals surface area contributed by atoms with E-state index in [0.29, 0.717) is 18.6 Å². The first-order valence-electron chi connectivity index (χ1n) is 12.1. The molecule has 0 bridgehead atoms. The van der Waals surface area contributed by atoms with E-state index < -0.39 is 17.7 Å². The fraction of sp³-hybridized carbons (Fsp3) is 0.345. The number of aliphatic carboxylic acids is 1. The summed E-state index contributed by atoms with van der Waals surface area (Å²) in [6, 6.07) is 16.5. The number of hydrogen-bond acceptors (Lipinski definition) is 4. The lowest BCUT2D eigenvalue weighted by Gasteiger charge is -2.19. The summed E-state index contributed by atoms with van der Waals surface area (Å²) in [5, 5.41) is 8.95. The van der Waals surface area contributed by atoms with Crippen LogP contribution < -0.4 is 9.47 Å². The van der Waals surface area contributed by atoms with Crippen molar-refractivity contribution in [3.8, 4) is 17.2 Å². The van der Waals surface area contributed by atoms with Crippen molar-refractivity contribution in [1.29, 1.82) is 0 Å². The molecule has 0 spiro atoms. The summed E-state index contributed by atoms with van der Waals surface area (Å²) < 4.78 is 51.9. The van der Waals surface area contributed by atoms with Gasteiger partial charge in [0, 0.05) is 17.1 Å². The lowest BCUT2D eigenvalue weighted by atomic mass is 10.0. The molecule has 4 nitrogen and oxygen atoms in total. The molecule has 0 aliphatic heterocycles. The van der Waals surface area contributed by atoms with E-state index in [1.165, 1.54) is 6.07 Å². The Bertz CT molecular complexity index is 1210. The van der Waals surface area contributed by atoms with Crippen LogP contribution in [0.5, 0.6) is 17.2 Å². The third-order valence-electron chi connectivity index (χ3n) is 5.87. The van der Waals surface area contributed by atoms with Gasteiger partial charge in [0.1, 0.15) is 5.75 Å². The predicted octanol–water partition coefficient (Wildman–Crippen LogP) is 8.34. The van der Waals surface area contributed by atoms with E-state index in [4.69, 9.17) is 14.6 Å². The molecular weight excluding hydrogens is 501 g/mol. The molecule has 1 atom stereocenters. The third kappa shape index (κ3) is 8.45. The number of para-hydroxylation sites is 1. The molecule has 0 heterocycles. The van der Waals surface area contributed by atoms with Gasteiger partial charge >= 0.3 is 12.1 Å². The number of halogens is 3. The lowest BCUT2D eigenvalue weighted by Crippen LogP contribution is -2.14. The van der Waals surface area contributed by atoms with Crippen LogP contribution in [-0.2, 0) is 23.8 Å². The van der Waals surface area contributed by atoms with Gasteiger partial charge in [-0.2, -0.15) is 13.2 Å². The van der Waals surface area contributed by atoms with Gasteiger partial charge in [-0.25, -0.2) is 0 Å². The fourth-order valence-corrected chi connectivity index (χ4v) is 4.85. The molecule has 0 saturated heterocycles. The first kappa shape index (κ1) is 28.4. The topological polar surface area (TPSA) is 55.8 Å². The monoisotopic (exact) mass is 532 g/mol. The zero-order chi connectivity index (χ0) is 27.0. The Hall–Kier alpha value is -3.13. The van der Waals surface area contributed by atoms with Crippen molar-refractivity contribution in [2.24, 2.45) is 0 Å². The SMILES string of the molecule is CCc1cc(SCCC(C)Oc2ccc(C(F)(F)F)cc2Oc2ccccc2C)ccc1CCC(=O)O. The molecule has 0 amide bonds. The Balaban J connectivity index is 1.65. The van der Waals surface area contributed by atoms with Crippen LogP contribution in [0.1, 0.15) is 48.9 Å². The summed E-state index contributed by atoms with van der Waals surface area (Å²) in [6.07, 6.45) is -2.66. The second kappa shape index (κ2) is 12.9. The molecule has 1 unspecified atom stereocenters. The van der Waals surface area contributed by atoms with Gasteiger partial charge in [0.25, 0.3) is 0 Å². The van der Waals surface area contributed by atoms with E-state index >= 15 is 0 Å². The second-order valence-corrected chi connectivity index (χ2v) is 9.94. The molecule has 0 fully saturated rings. The van der Waals surface area contributed by atoms with Crippen molar-refractivity contribution in [3.05, 3.63) is 82.9 Å². The standard InChI is InChI=1S/C29H31F3O4S/c1-4-21-17-24(12-9-22(21)10-14-28(33)34)37-16-15-20(3)35-26-13-11-23(29(30,31)32)18-27(26)36-25-8-6-5-7-19(25)2/h5-9,11-13,17-18,20H,4,10,14-16H2,1-3H3,(H,33,34). The van der Waals surface area contributed by atoms with Crippen molar-refractivity contribution in [2.45, 2.75) is 63.6 Å². The highest BCUT2D eigenvalue weighted by Crippen LogP contribution is 2.39. The van der Waals surface area contributed by atoms with E-state index in [-0.39, 0.29) is 24.0 Å². The molecule has 0 aliphatic rings. The van der Waals surface area contributed by atoms with Gasteiger partial charge in [-0.3, -0.25) is 4.79 Å². The minimum atomic E-state index is -4.49. The third-order valence-corrected chi connectivity index (χ3v) is 6.90. The van der Waals surface area contributed by atoms with Crippen LogP contribution in [0.4, 0.5) is 13.2 Å².